The predicted octanol–water partition coefficient (Wildman–Crippen LogP) is 5.07. The second kappa shape index (κ2) is 8.43. The Balaban J connectivity index is 1.25. The van der Waals surface area contributed by atoms with E-state index in [4.69, 9.17) is 4.74 Å². The molecule has 174 valence electrons. The lowest BCUT2D eigenvalue weighted by atomic mass is 9.93. The lowest BCUT2D eigenvalue weighted by Gasteiger charge is -2.28. The zero-order chi connectivity index (χ0) is 23.9. The van der Waals surface area contributed by atoms with Crippen LogP contribution in [0.5, 0.6) is 6.01 Å². The van der Waals surface area contributed by atoms with Crippen molar-refractivity contribution in [1.29, 1.82) is 0 Å². The van der Waals surface area contributed by atoms with E-state index in [0.717, 1.165) is 37.7 Å². The number of fused-ring (bicyclic) bond motifs is 1. The molecule has 1 fully saturated rings. The molecule has 0 bridgehead atoms. The number of rotatable bonds is 7. The van der Waals surface area contributed by atoms with Gasteiger partial charge in [0.2, 0.25) is 0 Å². The van der Waals surface area contributed by atoms with Gasteiger partial charge >= 0.3 is 11.9 Å². The number of nitrogens with zero attached hydrogens (tertiary/aromatic N) is 4. The van der Waals surface area contributed by atoms with Crippen molar-refractivity contribution in [2.24, 2.45) is 5.41 Å². The van der Waals surface area contributed by atoms with Crippen molar-refractivity contribution in [2.45, 2.75) is 20.8 Å². The van der Waals surface area contributed by atoms with Gasteiger partial charge in [-0.25, -0.2) is 19.7 Å². The summed E-state index contributed by atoms with van der Waals surface area (Å²) < 4.78 is 6.01. The maximum absolute atomic E-state index is 12.4. The molecular weight excluding hydrogens is 450 g/mol. The molecule has 3 heterocycles. The van der Waals surface area contributed by atoms with E-state index in [1.807, 2.05) is 37.3 Å². The van der Waals surface area contributed by atoms with Crippen LogP contribution in [0.2, 0.25) is 0 Å². The molecule has 2 aromatic heterocycles. The van der Waals surface area contributed by atoms with Crippen molar-refractivity contribution in [3.05, 3.63) is 65.6 Å². The summed E-state index contributed by atoms with van der Waals surface area (Å²) in [6.07, 6.45) is 3.39. The van der Waals surface area contributed by atoms with E-state index in [-0.39, 0.29) is 18.5 Å². The Morgan fingerprint density at radius 1 is 1.15 bits per heavy atom. The molecule has 8 nitrogen and oxygen atoms in total. The van der Waals surface area contributed by atoms with Crippen LogP contribution in [0.1, 0.15) is 19.4 Å². The molecule has 0 saturated carbocycles. The lowest BCUT2D eigenvalue weighted by Crippen LogP contribution is -2.43. The van der Waals surface area contributed by atoms with E-state index in [2.05, 4.69) is 32.4 Å². The van der Waals surface area contributed by atoms with E-state index in [1.54, 1.807) is 37.6 Å². The van der Waals surface area contributed by atoms with Crippen LogP contribution in [0.15, 0.2) is 54.9 Å². The van der Waals surface area contributed by atoms with Gasteiger partial charge in [0.1, 0.15) is 25.1 Å². The maximum atomic E-state index is 12.4. The topological polar surface area (TPSA) is 100 Å². The van der Waals surface area contributed by atoms with E-state index in [1.165, 1.54) is 0 Å². The van der Waals surface area contributed by atoms with Crippen molar-refractivity contribution in [3.63, 3.8) is 0 Å². The SMILES string of the molecule is Cc1cc(-c2cnc(OCC(C)(C)C(=O)[N+]3([O-])CC3)nc2)ccc1Nc1nc2ccccc2s1. The van der Waals surface area contributed by atoms with Gasteiger partial charge in [0.25, 0.3) is 0 Å². The number of benzene rings is 2. The molecule has 0 aliphatic carbocycles. The van der Waals surface area contributed by atoms with Gasteiger partial charge in [-0.3, -0.25) is 4.65 Å². The number of hydrogen-bond acceptors (Lipinski definition) is 8. The molecule has 1 aliphatic rings. The van der Waals surface area contributed by atoms with Crippen LogP contribution in [-0.2, 0) is 4.79 Å². The van der Waals surface area contributed by atoms with Crippen molar-refractivity contribution >= 4 is 38.3 Å². The van der Waals surface area contributed by atoms with Gasteiger partial charge in [-0.15, -0.1) is 0 Å². The number of quaternary nitrogens is 1. The van der Waals surface area contributed by atoms with Crippen LogP contribution < -0.4 is 10.1 Å². The first kappa shape index (κ1) is 22.4. The number of aryl methyl sites for hydroxylation is 1. The Labute approximate surface area is 201 Å². The number of anilines is 2. The Hall–Kier alpha value is -3.40. The van der Waals surface area contributed by atoms with Gasteiger partial charge in [-0.05, 0) is 56.2 Å². The third-order valence-electron chi connectivity index (χ3n) is 5.86. The number of nitrogens with one attached hydrogen (secondary N) is 1. The summed E-state index contributed by atoms with van der Waals surface area (Å²) in [5, 5.41) is 16.3. The highest BCUT2D eigenvalue weighted by atomic mass is 32.1. The van der Waals surface area contributed by atoms with Gasteiger partial charge in [0.05, 0.1) is 10.2 Å². The number of amides is 1. The lowest BCUT2D eigenvalue weighted by molar-refractivity contribution is -0.665. The Morgan fingerprint density at radius 2 is 1.88 bits per heavy atom. The summed E-state index contributed by atoms with van der Waals surface area (Å²) in [4.78, 5) is 25.6. The first-order valence-corrected chi connectivity index (χ1v) is 11.9. The number of aromatic nitrogens is 3. The summed E-state index contributed by atoms with van der Waals surface area (Å²) in [5.74, 6) is -0.362. The highest BCUT2D eigenvalue weighted by molar-refractivity contribution is 7.22. The summed E-state index contributed by atoms with van der Waals surface area (Å²) in [5.41, 5.74) is 3.97. The predicted molar refractivity (Wildman–Crippen MR) is 133 cm³/mol. The number of hydroxylamine groups is 3. The second-order valence-corrected chi connectivity index (χ2v) is 10.2. The monoisotopic (exact) mass is 475 g/mol. The number of ether oxygens (including phenoxy) is 1. The van der Waals surface area contributed by atoms with Gasteiger partial charge in [0.15, 0.2) is 5.13 Å². The van der Waals surface area contributed by atoms with Crippen LogP contribution in [0.3, 0.4) is 0 Å². The Kier molecular flexibility index (Phi) is 5.55. The molecule has 1 aliphatic heterocycles. The fraction of sp³-hybridized carbons (Fsp3) is 0.280. The average Bonchev–Trinajstić information content (AvgIpc) is 3.44. The number of para-hydroxylation sites is 1. The zero-order valence-corrected chi connectivity index (χ0v) is 20.1. The standard InChI is InChI=1S/C25H25N5O3S/c1-16-12-17(8-9-19(16)28-24-29-20-6-4-5-7-21(20)34-24)18-13-26-23(27-14-18)33-15-25(2,3)22(31)30(32)10-11-30/h4-9,12-14H,10-11,15H2,1-3H3,(H,28,29). The van der Waals surface area contributed by atoms with Crippen LogP contribution >= 0.6 is 11.3 Å². The summed E-state index contributed by atoms with van der Waals surface area (Å²) in [6.45, 7) is 6.22. The number of carbonyl (C=O) groups excluding carboxylic acids is 1. The van der Waals surface area contributed by atoms with Crippen LogP contribution in [0, 0.1) is 17.5 Å². The summed E-state index contributed by atoms with van der Waals surface area (Å²) in [7, 11) is 0. The highest BCUT2D eigenvalue weighted by Gasteiger charge is 2.49. The smallest absolute Gasteiger partial charge is 0.323 e. The molecule has 1 N–H and O–H groups in total. The fourth-order valence-corrected chi connectivity index (χ4v) is 4.59. The third-order valence-corrected chi connectivity index (χ3v) is 6.82. The number of carbonyl (C=O) groups is 1. The molecule has 0 spiro atoms. The van der Waals surface area contributed by atoms with E-state index < -0.39 is 10.1 Å². The second-order valence-electron chi connectivity index (χ2n) is 9.21. The van der Waals surface area contributed by atoms with E-state index >= 15 is 0 Å². The third kappa shape index (κ3) is 4.50. The van der Waals surface area contributed by atoms with Gasteiger partial charge in [0, 0.05) is 23.6 Å². The molecule has 1 saturated heterocycles. The highest BCUT2D eigenvalue weighted by Crippen LogP contribution is 2.32. The average molecular weight is 476 g/mol. The maximum Gasteiger partial charge on any atom is 0.323 e. The summed E-state index contributed by atoms with van der Waals surface area (Å²) >= 11 is 1.62. The minimum Gasteiger partial charge on any atom is -0.625 e. The first-order valence-electron chi connectivity index (χ1n) is 11.1. The fourth-order valence-electron chi connectivity index (χ4n) is 3.72. The minimum atomic E-state index is -0.899. The van der Waals surface area contributed by atoms with Crippen molar-refractivity contribution in [3.8, 4) is 17.1 Å². The first-order chi connectivity index (χ1) is 16.2. The normalized spacial score (nSPS) is 14.7. The van der Waals surface area contributed by atoms with E-state index in [9.17, 15) is 10.0 Å². The Bertz CT molecular complexity index is 1330. The molecule has 5 rings (SSSR count). The van der Waals surface area contributed by atoms with Gasteiger partial charge in [-0.1, -0.05) is 29.5 Å². The minimum absolute atomic E-state index is 0.0542. The largest absolute Gasteiger partial charge is 0.625 e. The quantitative estimate of drug-likeness (QED) is 0.226. The van der Waals surface area contributed by atoms with Gasteiger partial charge < -0.3 is 15.3 Å². The summed E-state index contributed by atoms with van der Waals surface area (Å²) in [6, 6.07) is 14.3. The molecular formula is C25H25N5O3S. The molecule has 1 amide bonds. The van der Waals surface area contributed by atoms with Crippen molar-refractivity contribution in [1.82, 2.24) is 15.0 Å². The molecule has 2 aromatic carbocycles. The number of hydrogen-bond donors (Lipinski definition) is 1. The number of thiazole rings is 1. The van der Waals surface area contributed by atoms with Crippen LogP contribution in [0.25, 0.3) is 21.3 Å². The zero-order valence-electron chi connectivity index (χ0n) is 19.2. The van der Waals surface area contributed by atoms with Crippen molar-refractivity contribution < 1.29 is 14.2 Å². The molecule has 0 atom stereocenters. The van der Waals surface area contributed by atoms with Crippen LogP contribution in [-0.4, -0.2) is 45.2 Å². The van der Waals surface area contributed by atoms with Gasteiger partial charge in [-0.2, -0.15) is 0 Å². The molecule has 0 radical (unpaired) electrons. The molecule has 9 heteroatoms. The Morgan fingerprint density at radius 3 is 2.56 bits per heavy atom. The van der Waals surface area contributed by atoms with E-state index in [0.29, 0.717) is 13.1 Å². The van der Waals surface area contributed by atoms with Crippen LogP contribution in [0.4, 0.5) is 10.8 Å². The molecule has 4 aromatic rings. The molecule has 34 heavy (non-hydrogen) atoms. The van der Waals surface area contributed by atoms with Crippen molar-refractivity contribution in [2.75, 3.05) is 25.0 Å². The molecule has 0 unspecified atom stereocenters.